The Bertz CT molecular complexity index is 1800. The van der Waals surface area contributed by atoms with E-state index in [-0.39, 0.29) is 11.3 Å². The van der Waals surface area contributed by atoms with Crippen molar-refractivity contribution in [3.8, 4) is 10.4 Å². The predicted octanol–water partition coefficient (Wildman–Crippen LogP) is 9.14. The van der Waals surface area contributed by atoms with Crippen LogP contribution in [0, 0.1) is 0 Å². The molecule has 0 saturated carbocycles. The Hall–Kier alpha value is -4.69. The Morgan fingerprint density at radius 1 is 1.00 bits per heavy atom. The van der Waals surface area contributed by atoms with Gasteiger partial charge in [-0.3, -0.25) is 4.79 Å². The van der Waals surface area contributed by atoms with Crippen LogP contribution in [0.1, 0.15) is 69.2 Å². The molecule has 0 spiro atoms. The van der Waals surface area contributed by atoms with Crippen LogP contribution in [0.5, 0.6) is 0 Å². The van der Waals surface area contributed by atoms with Gasteiger partial charge in [-0.15, -0.1) is 11.3 Å². The molecule has 3 aliphatic heterocycles. The van der Waals surface area contributed by atoms with Crippen LogP contribution in [-0.4, -0.2) is 35.8 Å². The van der Waals surface area contributed by atoms with Crippen molar-refractivity contribution in [1.29, 1.82) is 0 Å². The molecule has 3 aromatic rings. The number of ether oxygens (including phenoxy) is 1. The Kier molecular flexibility index (Phi) is 10.2. The minimum Gasteiger partial charge on any atom is -0.476 e. The first-order chi connectivity index (χ1) is 22.9. The van der Waals surface area contributed by atoms with Crippen LogP contribution in [0.2, 0.25) is 0 Å². The van der Waals surface area contributed by atoms with Crippen LogP contribution in [0.15, 0.2) is 107 Å². The van der Waals surface area contributed by atoms with Crippen LogP contribution in [0.25, 0.3) is 16.5 Å². The summed E-state index contributed by atoms with van der Waals surface area (Å²) >= 11 is 1.71. The van der Waals surface area contributed by atoms with Crippen molar-refractivity contribution in [3.05, 3.63) is 112 Å². The lowest BCUT2D eigenvalue weighted by atomic mass is 9.98. The van der Waals surface area contributed by atoms with Crippen molar-refractivity contribution in [3.63, 3.8) is 0 Å². The molecule has 0 fully saturated rings. The molecule has 0 bridgehead atoms. The van der Waals surface area contributed by atoms with Crippen LogP contribution in [0.4, 0.5) is 11.4 Å². The zero-order valence-electron chi connectivity index (χ0n) is 27.1. The Morgan fingerprint density at radius 2 is 1.81 bits per heavy atom. The third kappa shape index (κ3) is 7.49. The fraction of sp³-hybridized carbons (Fsp3) is 0.308. The molecule has 0 aliphatic carbocycles. The normalized spacial score (nSPS) is 17.8. The molecule has 47 heavy (non-hydrogen) atoms. The molecule has 7 nitrogen and oxygen atoms in total. The Balaban J connectivity index is 1.17. The number of nitrogens with zero attached hydrogens (tertiary/aromatic N) is 3. The molecule has 0 saturated heterocycles. The number of para-hydroxylation sites is 1. The van der Waals surface area contributed by atoms with E-state index in [1.54, 1.807) is 54.7 Å². The standard InChI is InChI=1S/C39H41N3O4S/c1-3-4-5-6-7-11-22-41-23-12-13-28-25-29(16-20-34(28)41)35-21-19-33(47-35)18-17-32-26-30(24-27(2)46-32)36-37(39(44)45)40-42(38(36)43)31-14-9-8-10-15-31/h8-10,14-21,24-26H,3-7,11-13,22-23H2,1-2H3,(H,44,45)/b18-17+,36-30-. The third-order valence-corrected chi connectivity index (χ3v) is 9.77. The van der Waals surface area contributed by atoms with Gasteiger partial charge < -0.3 is 14.7 Å². The van der Waals surface area contributed by atoms with Crippen LogP contribution >= 0.6 is 11.3 Å². The van der Waals surface area contributed by atoms with E-state index in [1.807, 2.05) is 18.2 Å². The number of carboxylic acids is 1. The summed E-state index contributed by atoms with van der Waals surface area (Å²) in [5.74, 6) is -0.692. The second-order valence-electron chi connectivity index (χ2n) is 12.2. The van der Waals surface area contributed by atoms with E-state index in [9.17, 15) is 14.7 Å². The lowest BCUT2D eigenvalue weighted by molar-refractivity contribution is -0.129. The number of aliphatic carboxylic acids is 1. The number of aryl methyl sites for hydroxylation is 1. The summed E-state index contributed by atoms with van der Waals surface area (Å²) in [7, 11) is 0. The summed E-state index contributed by atoms with van der Waals surface area (Å²) < 4.78 is 5.95. The summed E-state index contributed by atoms with van der Waals surface area (Å²) in [5, 5.41) is 15.2. The first-order valence-corrected chi connectivity index (χ1v) is 17.4. The maximum atomic E-state index is 13.4. The maximum absolute atomic E-state index is 13.4. The summed E-state index contributed by atoms with van der Waals surface area (Å²) in [5.41, 5.74) is 4.75. The SMILES string of the molecule is CCCCCCCCN1CCCc2cc(-c3ccc(/C=C/C4=CC(=C5\C(=O)N(c6ccccc6)N=C5C(=O)O)/C=C(C)O4)s3)ccc21. The molecule has 1 N–H and O–H groups in total. The number of carbonyl (C=O) groups is 2. The number of carbonyl (C=O) groups excluding carboxylic acids is 1. The smallest absolute Gasteiger partial charge is 0.357 e. The van der Waals surface area contributed by atoms with E-state index < -0.39 is 11.9 Å². The lowest BCUT2D eigenvalue weighted by Crippen LogP contribution is -2.30. The highest BCUT2D eigenvalue weighted by Gasteiger charge is 2.37. The number of carboxylic acid groups (broad SMARTS) is 1. The number of unbranched alkanes of at least 4 members (excludes halogenated alkanes) is 5. The van der Waals surface area contributed by atoms with Gasteiger partial charge in [-0.1, -0.05) is 63.3 Å². The van der Waals surface area contributed by atoms with E-state index in [0.29, 0.717) is 22.8 Å². The number of amides is 1. The minimum atomic E-state index is -1.26. The highest BCUT2D eigenvalue weighted by atomic mass is 32.1. The molecule has 6 rings (SSSR count). The van der Waals surface area contributed by atoms with E-state index in [4.69, 9.17) is 4.74 Å². The number of rotatable bonds is 12. The molecule has 3 aliphatic rings. The molecule has 0 unspecified atom stereocenters. The van der Waals surface area contributed by atoms with Crippen molar-refractivity contribution >= 4 is 46.4 Å². The summed E-state index contributed by atoms with van der Waals surface area (Å²) in [6.07, 6.45) is 17.4. The van der Waals surface area contributed by atoms with Crippen LogP contribution in [0.3, 0.4) is 0 Å². The van der Waals surface area contributed by atoms with Gasteiger partial charge in [0.2, 0.25) is 0 Å². The molecule has 0 radical (unpaired) electrons. The molecule has 1 amide bonds. The fourth-order valence-corrected chi connectivity index (χ4v) is 7.25. The second kappa shape index (κ2) is 14.8. The molecule has 8 heteroatoms. The van der Waals surface area contributed by atoms with Gasteiger partial charge in [-0.05, 0) is 104 Å². The number of fused-ring (bicyclic) bond motifs is 1. The average molecular weight is 648 g/mol. The monoisotopic (exact) mass is 647 g/mol. The van der Waals surface area contributed by atoms with E-state index in [2.05, 4.69) is 47.3 Å². The minimum absolute atomic E-state index is 0.0336. The molecule has 2 aromatic carbocycles. The van der Waals surface area contributed by atoms with Gasteiger partial charge in [-0.25, -0.2) is 4.79 Å². The van der Waals surface area contributed by atoms with Crippen LogP contribution < -0.4 is 9.91 Å². The fourth-order valence-electron chi connectivity index (χ4n) is 6.35. The molecular weight excluding hydrogens is 607 g/mol. The number of benzene rings is 2. The zero-order valence-corrected chi connectivity index (χ0v) is 27.9. The average Bonchev–Trinajstić information content (AvgIpc) is 3.70. The highest BCUT2D eigenvalue weighted by Crippen LogP contribution is 2.36. The maximum Gasteiger partial charge on any atom is 0.357 e. The molecular formula is C39H41N3O4S. The zero-order chi connectivity index (χ0) is 32.8. The number of allylic oxidation sites excluding steroid dienone is 5. The first-order valence-electron chi connectivity index (χ1n) is 16.6. The van der Waals surface area contributed by atoms with Gasteiger partial charge in [-0.2, -0.15) is 10.1 Å². The van der Waals surface area contributed by atoms with Gasteiger partial charge in [0.15, 0.2) is 5.71 Å². The van der Waals surface area contributed by atoms with Crippen LogP contribution in [-0.2, 0) is 20.7 Å². The van der Waals surface area contributed by atoms with Gasteiger partial charge in [0.25, 0.3) is 5.91 Å². The second-order valence-corrected chi connectivity index (χ2v) is 13.3. The van der Waals surface area contributed by atoms with E-state index in [1.165, 1.54) is 66.6 Å². The summed E-state index contributed by atoms with van der Waals surface area (Å²) in [6.45, 7) is 6.33. The predicted molar refractivity (Wildman–Crippen MR) is 192 cm³/mol. The molecule has 4 heterocycles. The highest BCUT2D eigenvalue weighted by molar-refractivity contribution is 7.16. The third-order valence-electron chi connectivity index (χ3n) is 8.67. The van der Waals surface area contributed by atoms with Crippen molar-refractivity contribution < 1.29 is 19.4 Å². The number of hydrogen-bond acceptors (Lipinski definition) is 6. The van der Waals surface area contributed by atoms with Gasteiger partial charge in [0.1, 0.15) is 11.5 Å². The van der Waals surface area contributed by atoms with Crippen molar-refractivity contribution in [1.82, 2.24) is 0 Å². The topological polar surface area (TPSA) is 82.4 Å². The quantitative estimate of drug-likeness (QED) is 0.157. The number of hydrogen-bond donors (Lipinski definition) is 1. The van der Waals surface area contributed by atoms with Crippen molar-refractivity contribution in [2.24, 2.45) is 5.10 Å². The Labute approximate surface area is 280 Å². The molecule has 1 aromatic heterocycles. The Morgan fingerprint density at radius 3 is 2.62 bits per heavy atom. The lowest BCUT2D eigenvalue weighted by Gasteiger charge is -2.31. The van der Waals surface area contributed by atoms with E-state index >= 15 is 0 Å². The molecule has 0 atom stereocenters. The largest absolute Gasteiger partial charge is 0.476 e. The van der Waals surface area contributed by atoms with Gasteiger partial charge in [0, 0.05) is 28.5 Å². The summed E-state index contributed by atoms with van der Waals surface area (Å²) in [6, 6.07) is 20.0. The van der Waals surface area contributed by atoms with Gasteiger partial charge in [0.05, 0.1) is 11.3 Å². The van der Waals surface area contributed by atoms with E-state index in [0.717, 1.165) is 29.4 Å². The summed E-state index contributed by atoms with van der Waals surface area (Å²) in [4.78, 5) is 30.4. The van der Waals surface area contributed by atoms with Crippen molar-refractivity contribution in [2.75, 3.05) is 23.0 Å². The number of anilines is 2. The number of hydrazone groups is 1. The van der Waals surface area contributed by atoms with Crippen molar-refractivity contribution in [2.45, 2.75) is 65.2 Å². The van der Waals surface area contributed by atoms with Gasteiger partial charge >= 0.3 is 5.97 Å². The first kappa shape index (κ1) is 32.3. The molecule has 242 valence electrons. The number of thiophene rings is 1.